The molecule has 1 aromatic heterocycles. The molecule has 162 valence electrons. The summed E-state index contributed by atoms with van der Waals surface area (Å²) in [5.74, 6) is 0.460. The fraction of sp³-hybridized carbons (Fsp3) is 0.455. The lowest BCUT2D eigenvalue weighted by Gasteiger charge is -2.27. The van der Waals surface area contributed by atoms with Crippen LogP contribution in [-0.4, -0.2) is 48.0 Å². The van der Waals surface area contributed by atoms with Crippen LogP contribution in [0, 0.1) is 13.8 Å². The first-order valence-electron chi connectivity index (χ1n) is 10.1. The zero-order valence-electron chi connectivity index (χ0n) is 17.5. The molecule has 0 bridgehead atoms. The van der Waals surface area contributed by atoms with E-state index in [0.29, 0.717) is 25.5 Å². The molecule has 5 nitrogen and oxygen atoms in total. The third-order valence-corrected chi connectivity index (χ3v) is 5.51. The van der Waals surface area contributed by atoms with Gasteiger partial charge < -0.3 is 10.2 Å². The van der Waals surface area contributed by atoms with Crippen LogP contribution in [0.25, 0.3) is 0 Å². The van der Waals surface area contributed by atoms with E-state index in [2.05, 4.69) is 15.2 Å². The first-order valence-corrected chi connectivity index (χ1v) is 10.1. The van der Waals surface area contributed by atoms with Crippen molar-refractivity contribution in [2.24, 2.45) is 0 Å². The molecule has 1 N–H and O–H groups in total. The highest BCUT2D eigenvalue weighted by atomic mass is 19.4. The maximum absolute atomic E-state index is 12.8. The van der Waals surface area contributed by atoms with Crippen LogP contribution in [0.5, 0.6) is 0 Å². The number of benzene rings is 1. The summed E-state index contributed by atoms with van der Waals surface area (Å²) in [5, 5.41) is 3.02. The predicted octanol–water partition coefficient (Wildman–Crippen LogP) is 4.26. The Morgan fingerprint density at radius 1 is 1.10 bits per heavy atom. The lowest BCUT2D eigenvalue weighted by atomic mass is 10.1. The Labute approximate surface area is 174 Å². The van der Waals surface area contributed by atoms with Crippen LogP contribution >= 0.6 is 0 Å². The molecule has 3 rings (SSSR count). The van der Waals surface area contributed by atoms with E-state index in [-0.39, 0.29) is 11.9 Å². The fourth-order valence-corrected chi connectivity index (χ4v) is 3.57. The average molecular weight is 420 g/mol. The van der Waals surface area contributed by atoms with Crippen molar-refractivity contribution in [3.8, 4) is 0 Å². The number of aryl methyl sites for hydroxylation is 2. The van der Waals surface area contributed by atoms with Crippen molar-refractivity contribution < 1.29 is 18.0 Å². The van der Waals surface area contributed by atoms with Crippen LogP contribution in [0.1, 0.15) is 30.0 Å². The molecule has 0 saturated carbocycles. The van der Waals surface area contributed by atoms with Crippen LogP contribution in [0.4, 0.5) is 24.7 Å². The number of amides is 1. The van der Waals surface area contributed by atoms with Crippen molar-refractivity contribution in [1.29, 1.82) is 0 Å². The summed E-state index contributed by atoms with van der Waals surface area (Å²) < 4.78 is 38.2. The minimum atomic E-state index is -4.39. The minimum Gasteiger partial charge on any atom is -0.355 e. The van der Waals surface area contributed by atoms with Gasteiger partial charge in [0.25, 0.3) is 0 Å². The van der Waals surface area contributed by atoms with Crippen molar-refractivity contribution in [3.63, 3.8) is 0 Å². The first kappa shape index (κ1) is 22.1. The van der Waals surface area contributed by atoms with Gasteiger partial charge in [0, 0.05) is 38.1 Å². The number of alkyl halides is 3. The average Bonchev–Trinajstić information content (AvgIpc) is 2.96. The van der Waals surface area contributed by atoms with Gasteiger partial charge >= 0.3 is 6.18 Å². The molecule has 1 aliphatic rings. The number of carbonyl (C=O) groups excluding carboxylic acids is 1. The number of rotatable bonds is 4. The molecule has 8 heteroatoms. The molecule has 0 spiro atoms. The second-order valence-corrected chi connectivity index (χ2v) is 7.76. The van der Waals surface area contributed by atoms with Gasteiger partial charge in [-0.3, -0.25) is 9.69 Å². The summed E-state index contributed by atoms with van der Waals surface area (Å²) in [6, 6.07) is 8.11. The van der Waals surface area contributed by atoms with E-state index < -0.39 is 11.7 Å². The molecule has 1 saturated heterocycles. The van der Waals surface area contributed by atoms with E-state index in [1.54, 1.807) is 0 Å². The lowest BCUT2D eigenvalue weighted by Crippen LogP contribution is -2.44. The fourth-order valence-electron chi connectivity index (χ4n) is 3.57. The van der Waals surface area contributed by atoms with Crippen LogP contribution < -0.4 is 10.2 Å². The Kier molecular flexibility index (Phi) is 6.65. The van der Waals surface area contributed by atoms with Crippen LogP contribution in [0.3, 0.4) is 0 Å². The zero-order chi connectivity index (χ0) is 21.9. The van der Waals surface area contributed by atoms with Gasteiger partial charge in [0.2, 0.25) is 5.91 Å². The van der Waals surface area contributed by atoms with Crippen LogP contribution in [0.15, 0.2) is 36.5 Å². The topological polar surface area (TPSA) is 48.5 Å². The summed E-state index contributed by atoms with van der Waals surface area (Å²) in [7, 11) is 0. The highest BCUT2D eigenvalue weighted by Crippen LogP contribution is 2.29. The Morgan fingerprint density at radius 2 is 1.87 bits per heavy atom. The first-order chi connectivity index (χ1) is 14.1. The Morgan fingerprint density at radius 3 is 2.53 bits per heavy atom. The Hall–Kier alpha value is -2.61. The van der Waals surface area contributed by atoms with Gasteiger partial charge in [0.1, 0.15) is 5.82 Å². The summed E-state index contributed by atoms with van der Waals surface area (Å²) in [4.78, 5) is 20.9. The van der Waals surface area contributed by atoms with Gasteiger partial charge in [0.05, 0.1) is 11.6 Å². The summed E-state index contributed by atoms with van der Waals surface area (Å²) in [6.07, 6.45) is -2.72. The second-order valence-electron chi connectivity index (χ2n) is 7.76. The van der Waals surface area contributed by atoms with Gasteiger partial charge in [-0.1, -0.05) is 12.1 Å². The number of nitrogens with zero attached hydrogens (tertiary/aromatic N) is 3. The molecule has 0 radical (unpaired) electrons. The molecule has 1 fully saturated rings. The number of hydrogen-bond acceptors (Lipinski definition) is 4. The highest BCUT2D eigenvalue weighted by Gasteiger charge is 2.31. The number of anilines is 2. The third-order valence-electron chi connectivity index (χ3n) is 5.51. The van der Waals surface area contributed by atoms with Gasteiger partial charge in [-0.2, -0.15) is 13.2 Å². The quantitative estimate of drug-likeness (QED) is 0.803. The molecule has 1 amide bonds. The minimum absolute atomic E-state index is 0.0650. The molecule has 1 aromatic carbocycles. The van der Waals surface area contributed by atoms with E-state index in [4.69, 9.17) is 0 Å². The number of hydrogen-bond donors (Lipinski definition) is 1. The SMILES string of the molecule is Cc1ccc(C)c(NC(=O)[C@@H](C)N2CCCN(c3ccc(C(F)(F)F)cn3)CC2)c1. The molecule has 2 aromatic rings. The van der Waals surface area contributed by atoms with E-state index >= 15 is 0 Å². The van der Waals surface area contributed by atoms with Gasteiger partial charge in [0.15, 0.2) is 0 Å². The summed E-state index contributed by atoms with van der Waals surface area (Å²) in [6.45, 7) is 8.46. The van der Waals surface area contributed by atoms with Crippen molar-refractivity contribution in [1.82, 2.24) is 9.88 Å². The molecular formula is C22H27F3N4O. The molecule has 30 heavy (non-hydrogen) atoms. The van der Waals surface area contributed by atoms with E-state index in [9.17, 15) is 18.0 Å². The predicted molar refractivity (Wildman–Crippen MR) is 112 cm³/mol. The third kappa shape index (κ3) is 5.30. The van der Waals surface area contributed by atoms with Crippen molar-refractivity contribution in [3.05, 3.63) is 53.2 Å². The molecular weight excluding hydrogens is 393 g/mol. The monoisotopic (exact) mass is 420 g/mol. The van der Waals surface area contributed by atoms with Gasteiger partial charge in [-0.05, 0) is 56.5 Å². The second kappa shape index (κ2) is 9.04. The number of nitrogens with one attached hydrogen (secondary N) is 1. The standard InChI is InChI=1S/C22H27F3N4O/c1-15-5-6-16(2)19(13-15)27-21(30)17(3)28-9-4-10-29(12-11-28)20-8-7-18(14-26-20)22(23,24)25/h5-8,13-14,17H,4,9-12H2,1-3H3,(H,27,30)/t17-/m1/s1. The van der Waals surface area contributed by atoms with Gasteiger partial charge in [-0.25, -0.2) is 4.98 Å². The largest absolute Gasteiger partial charge is 0.417 e. The smallest absolute Gasteiger partial charge is 0.355 e. The number of halogens is 3. The Balaban J connectivity index is 1.61. The van der Waals surface area contributed by atoms with Gasteiger partial charge in [-0.15, -0.1) is 0 Å². The zero-order valence-corrected chi connectivity index (χ0v) is 17.5. The molecule has 0 aliphatic carbocycles. The van der Waals surface area contributed by atoms with Crippen molar-refractivity contribution >= 4 is 17.4 Å². The number of pyridine rings is 1. The summed E-state index contributed by atoms with van der Waals surface area (Å²) in [5.41, 5.74) is 2.16. The van der Waals surface area contributed by atoms with Crippen molar-refractivity contribution in [2.45, 2.75) is 39.4 Å². The van der Waals surface area contributed by atoms with Crippen LogP contribution in [-0.2, 0) is 11.0 Å². The maximum atomic E-state index is 12.8. The molecule has 0 unspecified atom stereocenters. The summed E-state index contributed by atoms with van der Waals surface area (Å²) >= 11 is 0. The molecule has 2 heterocycles. The molecule has 1 atom stereocenters. The van der Waals surface area contributed by atoms with E-state index in [0.717, 1.165) is 42.0 Å². The normalized spacial score (nSPS) is 16.8. The maximum Gasteiger partial charge on any atom is 0.417 e. The Bertz CT molecular complexity index is 883. The highest BCUT2D eigenvalue weighted by molar-refractivity contribution is 5.95. The lowest BCUT2D eigenvalue weighted by molar-refractivity contribution is -0.137. The molecule has 1 aliphatic heterocycles. The van der Waals surface area contributed by atoms with E-state index in [1.807, 2.05) is 43.9 Å². The van der Waals surface area contributed by atoms with E-state index in [1.165, 1.54) is 6.07 Å². The van der Waals surface area contributed by atoms with Crippen LogP contribution in [0.2, 0.25) is 0 Å². The van der Waals surface area contributed by atoms with Crippen molar-refractivity contribution in [2.75, 3.05) is 36.4 Å². The number of carbonyl (C=O) groups is 1. The number of aromatic nitrogens is 1.